The van der Waals surface area contributed by atoms with Crippen molar-refractivity contribution in [3.63, 3.8) is 0 Å². The van der Waals surface area contributed by atoms with Crippen LogP contribution in [0.5, 0.6) is 5.75 Å². The number of carbonyl (C=O) groups excluding carboxylic acids is 4. The number of unbranched alkanes of at least 4 members (excludes halogenated alkanes) is 25. The maximum atomic E-state index is 12.9. The number of benzene rings is 3. The number of anilines is 1. The number of thiocarbonyl (C=S) groups is 1. The average Bonchev–Trinajstić information content (AvgIpc) is 0.827. The van der Waals surface area contributed by atoms with E-state index in [0.717, 1.165) is 96.3 Å². The quantitative estimate of drug-likeness (QED) is 0.00599. The van der Waals surface area contributed by atoms with Crippen LogP contribution in [0.2, 0.25) is 0 Å². The number of hydrogen-bond donors (Lipinski definition) is 6. The van der Waals surface area contributed by atoms with Crippen molar-refractivity contribution in [2.75, 3.05) is 38.2 Å². The van der Waals surface area contributed by atoms with Gasteiger partial charge in [0.1, 0.15) is 29.5 Å². The van der Waals surface area contributed by atoms with Crippen LogP contribution in [0.25, 0.3) is 33.4 Å². The van der Waals surface area contributed by atoms with Crippen LogP contribution in [0.1, 0.15) is 262 Å². The molecule has 0 saturated carbocycles. The second kappa shape index (κ2) is 49.3. The Morgan fingerprint density at radius 2 is 1.11 bits per heavy atom. The predicted molar refractivity (Wildman–Crippen MR) is 378 cm³/mol. The van der Waals surface area contributed by atoms with Gasteiger partial charge in [0.2, 0.25) is 5.91 Å². The second-order valence-corrected chi connectivity index (χ2v) is 26.4. The Hall–Kier alpha value is -6.24. The maximum absolute atomic E-state index is 12.9. The zero-order valence-corrected chi connectivity index (χ0v) is 58.1. The van der Waals surface area contributed by atoms with Crippen LogP contribution >= 0.6 is 20.0 Å². The Kier molecular flexibility index (Phi) is 42.1. The third-order valence-electron chi connectivity index (χ3n) is 16.3. The van der Waals surface area contributed by atoms with Crippen molar-refractivity contribution in [3.05, 3.63) is 94.7 Å². The number of hydrogen-bond acceptors (Lipinski definition) is 14. The number of rotatable bonds is 55. The molecule has 0 fully saturated rings. The Labute approximate surface area is 564 Å². The number of ketones is 1. The zero-order valence-electron chi connectivity index (χ0n) is 56.4. The normalized spacial score (nSPS) is 12.5. The van der Waals surface area contributed by atoms with E-state index in [9.17, 15) is 48.4 Å². The summed E-state index contributed by atoms with van der Waals surface area (Å²) in [6, 6.07) is 13.7. The minimum absolute atomic E-state index is 0.0136. The summed E-state index contributed by atoms with van der Waals surface area (Å²) in [5.41, 5.74) is 1.90. The molecule has 4 rings (SSSR count). The van der Waals surface area contributed by atoms with Crippen molar-refractivity contribution in [1.29, 1.82) is 0 Å². The van der Waals surface area contributed by atoms with Gasteiger partial charge in [-0.2, -0.15) is 0 Å². The summed E-state index contributed by atoms with van der Waals surface area (Å²) in [5.74, 6) is -2.11. The smallest absolute Gasteiger partial charge is 0.472 e. The number of carbonyl (C=O) groups is 5. The summed E-state index contributed by atoms with van der Waals surface area (Å²) in [5, 5.41) is 30.4. The van der Waals surface area contributed by atoms with Crippen LogP contribution in [-0.4, -0.2) is 88.8 Å². The lowest BCUT2D eigenvalue weighted by molar-refractivity contribution is -0.161. The molecule has 2 unspecified atom stereocenters. The Morgan fingerprint density at radius 1 is 0.574 bits per heavy atom. The van der Waals surface area contributed by atoms with Crippen LogP contribution in [0.4, 0.5) is 5.69 Å². The highest BCUT2D eigenvalue weighted by atomic mass is 32.1. The third kappa shape index (κ3) is 36.0. The standard InChI is InChI=1S/C74H110N3O15PS/c1-3-5-7-9-11-13-15-17-19-21-23-25-27-29-32-42-70(82)88-56-62(91-71(83)43-33-30-28-26-24-22-20-18-16-14-12-10-8-6-4-2)57-90-93(86,87)89-52-38-40-59(78)39-34-35-41-69(81)75-50-36-31-37-51-76-74(94)77-58-44-47-63(66(53-58)73(84)85)72-64-48-45-60(79)54-67(64)92-68-55-61(80)46-49-65(68)72/h17-20,44-49,53-55,62,79H,3-16,21-43,50-52,56-57H2,1-2H3,(H,75,81)(H,84,85)(H,86,87)(H2,76,77,94)/b19-17+,20-18+. The van der Waals surface area contributed by atoms with Crippen molar-refractivity contribution < 1.29 is 66.6 Å². The van der Waals surface area contributed by atoms with Gasteiger partial charge in [-0.25, -0.2) is 9.36 Å². The van der Waals surface area contributed by atoms with E-state index in [1.807, 2.05) is 0 Å². The maximum Gasteiger partial charge on any atom is 0.472 e. The zero-order chi connectivity index (χ0) is 67.9. The van der Waals surface area contributed by atoms with E-state index < -0.39 is 38.4 Å². The highest BCUT2D eigenvalue weighted by Crippen LogP contribution is 2.44. The van der Waals surface area contributed by atoms with Crippen LogP contribution < -0.4 is 21.4 Å². The van der Waals surface area contributed by atoms with Crippen LogP contribution in [0, 0.1) is 0 Å². The van der Waals surface area contributed by atoms with Crippen molar-refractivity contribution in [3.8, 4) is 28.2 Å². The number of fused-ring (bicyclic) bond motifs is 2. The fourth-order valence-electron chi connectivity index (χ4n) is 11.0. The number of phosphoric ester groups is 1. The molecule has 2 aliphatic rings. The number of Topliss-reactive ketones (excluding diaryl/α,β-unsaturated/α-hetero) is 1. The molecule has 1 heterocycles. The van der Waals surface area contributed by atoms with Crippen LogP contribution in [0.3, 0.4) is 0 Å². The summed E-state index contributed by atoms with van der Waals surface area (Å²) < 4.78 is 40.3. The summed E-state index contributed by atoms with van der Waals surface area (Å²) in [6.45, 7) is 4.40. The van der Waals surface area contributed by atoms with Crippen molar-refractivity contribution in [1.82, 2.24) is 10.6 Å². The highest BCUT2D eigenvalue weighted by Gasteiger charge is 2.27. The number of carboxylic acids is 1. The molecule has 0 saturated heterocycles. The van der Waals surface area contributed by atoms with Gasteiger partial charge in [0, 0.05) is 79.5 Å². The number of nitrogens with one attached hydrogen (secondary N) is 3. The summed E-state index contributed by atoms with van der Waals surface area (Å²) in [7, 11) is -4.63. The van der Waals surface area contributed by atoms with Gasteiger partial charge in [0.25, 0.3) is 0 Å². The number of aromatic hydroxyl groups is 1. The largest absolute Gasteiger partial charge is 0.508 e. The van der Waals surface area contributed by atoms with E-state index in [0.29, 0.717) is 71.6 Å². The van der Waals surface area contributed by atoms with Crippen molar-refractivity contribution in [2.45, 2.75) is 258 Å². The first-order chi connectivity index (χ1) is 45.6. The number of allylic oxidation sites excluding steroid dienone is 4. The molecule has 0 spiro atoms. The summed E-state index contributed by atoms with van der Waals surface area (Å²) >= 11 is 5.50. The molecule has 6 N–H and O–H groups in total. The van der Waals surface area contributed by atoms with Crippen molar-refractivity contribution >= 4 is 71.4 Å². The predicted octanol–water partition coefficient (Wildman–Crippen LogP) is 18.1. The molecule has 522 valence electrons. The fourth-order valence-corrected chi connectivity index (χ4v) is 12.0. The Morgan fingerprint density at radius 3 is 1.72 bits per heavy atom. The Bertz CT molecular complexity index is 3000. The lowest BCUT2D eigenvalue weighted by atomic mass is 9.90. The van der Waals surface area contributed by atoms with Gasteiger partial charge >= 0.3 is 25.7 Å². The van der Waals surface area contributed by atoms with E-state index in [4.69, 9.17) is 35.2 Å². The van der Waals surface area contributed by atoms with Gasteiger partial charge in [0.15, 0.2) is 16.6 Å². The van der Waals surface area contributed by atoms with Gasteiger partial charge in [-0.05, 0) is 157 Å². The van der Waals surface area contributed by atoms with Gasteiger partial charge < -0.3 is 44.9 Å². The van der Waals surface area contributed by atoms with E-state index in [2.05, 4.69) is 54.1 Å². The topological polar surface area (TPSA) is 266 Å². The van der Waals surface area contributed by atoms with Gasteiger partial charge in [-0.1, -0.05) is 147 Å². The molecule has 1 aliphatic carbocycles. The molecule has 1 amide bonds. The molecule has 2 aromatic carbocycles. The van der Waals surface area contributed by atoms with E-state index in [1.54, 1.807) is 24.3 Å². The van der Waals surface area contributed by atoms with E-state index in [-0.39, 0.29) is 91.5 Å². The number of carboxylic acid groups (broad SMARTS) is 1. The van der Waals surface area contributed by atoms with E-state index in [1.165, 1.54) is 107 Å². The first kappa shape index (κ1) is 80.2. The minimum Gasteiger partial charge on any atom is -0.508 e. The first-order valence-corrected chi connectivity index (χ1v) is 37.2. The molecule has 94 heavy (non-hydrogen) atoms. The SMILES string of the molecule is CCCCCCCC/C=C/CCCCCCCC(=O)OCC(COP(=O)(O)OCCCC(=O)CCCCC(=O)NCCCCCNC(=S)Nc1ccc(-c2c3ccc(=O)cc-3oc3cc(O)ccc23)c(C(=O)O)c1)OC(=O)CCCCCCC/C=C/CCCCCCCC. The van der Waals surface area contributed by atoms with Gasteiger partial charge in [-0.15, -0.1) is 0 Å². The molecule has 0 bridgehead atoms. The van der Waals surface area contributed by atoms with Crippen LogP contribution in [0.15, 0.2) is 88.1 Å². The van der Waals surface area contributed by atoms with Gasteiger partial charge in [0.05, 0.1) is 18.8 Å². The molecule has 0 radical (unpaired) electrons. The monoisotopic (exact) mass is 1340 g/mol. The molecule has 2 aromatic rings. The van der Waals surface area contributed by atoms with Crippen molar-refractivity contribution in [2.24, 2.45) is 0 Å². The molecule has 20 heteroatoms. The number of phenols is 1. The number of phenolic OH excluding ortho intramolecular Hbond substituents is 1. The summed E-state index contributed by atoms with van der Waals surface area (Å²) in [6.07, 6.45) is 41.9. The van der Waals surface area contributed by atoms with Gasteiger partial charge in [-0.3, -0.25) is 33.0 Å². The minimum atomic E-state index is -4.63. The lowest BCUT2D eigenvalue weighted by Crippen LogP contribution is -2.29. The third-order valence-corrected chi connectivity index (χ3v) is 17.5. The molecular formula is C74H110N3O15PS. The second-order valence-electron chi connectivity index (χ2n) is 24.6. The van der Waals surface area contributed by atoms with E-state index >= 15 is 0 Å². The number of aromatic carboxylic acids is 1. The van der Waals surface area contributed by atoms with Crippen LogP contribution in [-0.2, 0) is 42.3 Å². The fraction of sp³-hybridized carbons (Fsp3) is 0.608. The number of amides is 1. The molecule has 1 aliphatic heterocycles. The molecular weight excluding hydrogens is 1230 g/mol. The number of esters is 2. The number of ether oxygens (including phenoxy) is 2. The first-order valence-electron chi connectivity index (χ1n) is 35.3. The highest BCUT2D eigenvalue weighted by molar-refractivity contribution is 7.80. The summed E-state index contributed by atoms with van der Waals surface area (Å²) in [4.78, 5) is 86.1. The molecule has 18 nitrogen and oxygen atoms in total. The molecule has 2 atom stereocenters. The molecule has 0 aromatic heterocycles. The average molecular weight is 1340 g/mol. The Balaban J connectivity index is 1.06. The lowest BCUT2D eigenvalue weighted by Gasteiger charge is -2.20. The number of phosphoric acid groups is 1.